The molecule has 0 aromatic rings. The van der Waals surface area contributed by atoms with E-state index in [-0.39, 0.29) is 6.04 Å². The summed E-state index contributed by atoms with van der Waals surface area (Å²) in [5.41, 5.74) is 0. The Bertz CT molecular complexity index is 76.1. The Morgan fingerprint density at radius 1 is 1.57 bits per heavy atom. The number of hydrogen-bond acceptors (Lipinski definition) is 1. The van der Waals surface area contributed by atoms with Gasteiger partial charge in [0.15, 0.2) is 6.04 Å². The highest BCUT2D eigenvalue weighted by Crippen LogP contribution is 1.81. The van der Waals surface area contributed by atoms with Gasteiger partial charge < -0.3 is 5.21 Å². The molecule has 0 amide bonds. The fraction of sp³-hybridized carbons (Fsp3) is 0.800. The first-order valence-electron chi connectivity index (χ1n) is 2.43. The average molecular weight is 101 g/mol. The van der Waals surface area contributed by atoms with E-state index >= 15 is 0 Å². The second-order valence-corrected chi connectivity index (χ2v) is 1.71. The van der Waals surface area contributed by atoms with Crippen molar-refractivity contribution in [2.45, 2.75) is 26.8 Å². The third-order valence-electron chi connectivity index (χ3n) is 0.763. The lowest BCUT2D eigenvalue weighted by Crippen LogP contribution is -2.12. The van der Waals surface area contributed by atoms with E-state index in [0.717, 1.165) is 4.74 Å². The average Bonchev–Trinajstić information content (AvgIpc) is 1.65. The van der Waals surface area contributed by atoms with Crippen LogP contribution in [0.25, 0.3) is 0 Å². The van der Waals surface area contributed by atoms with Crippen LogP contribution in [-0.4, -0.2) is 17.0 Å². The Kier molecular flexibility index (Phi) is 2.41. The van der Waals surface area contributed by atoms with E-state index in [1.807, 2.05) is 13.8 Å². The number of rotatable bonds is 1. The van der Waals surface area contributed by atoms with Crippen molar-refractivity contribution in [3.05, 3.63) is 5.21 Å². The molecular formula is C5H11NO. The largest absolute Gasteiger partial charge is 0.624 e. The summed E-state index contributed by atoms with van der Waals surface area (Å²) in [6, 6.07) is 0.0880. The molecular weight excluding hydrogens is 90.1 g/mol. The number of nitrogens with zero attached hydrogens (tertiary/aromatic N) is 1. The van der Waals surface area contributed by atoms with E-state index in [9.17, 15) is 5.21 Å². The van der Waals surface area contributed by atoms with Crippen molar-refractivity contribution < 1.29 is 4.74 Å². The molecule has 7 heavy (non-hydrogen) atoms. The van der Waals surface area contributed by atoms with Gasteiger partial charge >= 0.3 is 0 Å². The Labute approximate surface area is 44.1 Å². The molecule has 0 aliphatic heterocycles. The lowest BCUT2D eigenvalue weighted by Gasteiger charge is -2.04. The normalized spacial score (nSPS) is 12.9. The van der Waals surface area contributed by atoms with Crippen LogP contribution in [0.4, 0.5) is 0 Å². The lowest BCUT2D eigenvalue weighted by molar-refractivity contribution is -0.487. The molecule has 0 saturated heterocycles. The summed E-state index contributed by atoms with van der Waals surface area (Å²) in [6.45, 7) is 5.44. The quantitative estimate of drug-likeness (QED) is 0.209. The topological polar surface area (TPSA) is 26.1 Å². The summed E-state index contributed by atoms with van der Waals surface area (Å²) < 4.78 is 0.917. The minimum Gasteiger partial charge on any atom is -0.624 e. The van der Waals surface area contributed by atoms with Crippen molar-refractivity contribution in [1.29, 1.82) is 0 Å². The molecule has 0 aliphatic rings. The van der Waals surface area contributed by atoms with E-state index in [2.05, 4.69) is 0 Å². The van der Waals surface area contributed by atoms with Gasteiger partial charge in [-0.15, -0.1) is 0 Å². The van der Waals surface area contributed by atoms with E-state index in [1.165, 1.54) is 6.21 Å². The Balaban J connectivity index is 3.56. The molecule has 0 atom stereocenters. The molecule has 0 aromatic carbocycles. The maximum Gasteiger partial charge on any atom is 0.157 e. The molecule has 2 nitrogen and oxygen atoms in total. The maximum atomic E-state index is 10.4. The highest BCUT2D eigenvalue weighted by Gasteiger charge is 1.93. The van der Waals surface area contributed by atoms with Crippen LogP contribution in [0.2, 0.25) is 0 Å². The van der Waals surface area contributed by atoms with E-state index < -0.39 is 0 Å². The molecule has 0 saturated carbocycles. The molecule has 0 fully saturated rings. The van der Waals surface area contributed by atoms with Gasteiger partial charge in [-0.1, -0.05) is 0 Å². The SMILES string of the molecule is C/C=[N+](/[O-])C(C)C. The second-order valence-electron chi connectivity index (χ2n) is 1.71. The van der Waals surface area contributed by atoms with E-state index in [0.29, 0.717) is 0 Å². The monoisotopic (exact) mass is 101 g/mol. The fourth-order valence-electron chi connectivity index (χ4n) is 0.298. The molecule has 0 N–H and O–H groups in total. The smallest absolute Gasteiger partial charge is 0.157 e. The van der Waals surface area contributed by atoms with Crippen LogP contribution in [-0.2, 0) is 0 Å². The van der Waals surface area contributed by atoms with Gasteiger partial charge in [0.2, 0.25) is 0 Å². The van der Waals surface area contributed by atoms with Gasteiger partial charge in [-0.25, -0.2) is 4.74 Å². The van der Waals surface area contributed by atoms with Crippen LogP contribution in [0, 0.1) is 5.21 Å². The van der Waals surface area contributed by atoms with Gasteiger partial charge in [0.25, 0.3) is 0 Å². The predicted molar refractivity (Wildman–Crippen MR) is 30.5 cm³/mol. The molecule has 0 aliphatic carbocycles. The van der Waals surface area contributed by atoms with Crippen molar-refractivity contribution in [1.82, 2.24) is 0 Å². The van der Waals surface area contributed by atoms with Gasteiger partial charge in [-0.2, -0.15) is 0 Å². The second kappa shape index (κ2) is 2.61. The van der Waals surface area contributed by atoms with Crippen LogP contribution in [0.1, 0.15) is 20.8 Å². The van der Waals surface area contributed by atoms with Gasteiger partial charge in [0.1, 0.15) is 6.21 Å². The van der Waals surface area contributed by atoms with Crippen molar-refractivity contribution in [3.8, 4) is 0 Å². The Morgan fingerprint density at radius 3 is 2.00 bits per heavy atom. The molecule has 0 bridgehead atoms. The molecule has 0 rings (SSSR count). The zero-order valence-electron chi connectivity index (χ0n) is 5.01. The predicted octanol–water partition coefficient (Wildman–Crippen LogP) is 0.996. The summed E-state index contributed by atoms with van der Waals surface area (Å²) in [5.74, 6) is 0. The standard InChI is InChI=1S/C5H11NO/c1-4-6(7)5(2)3/h4-5H,1-3H3/b6-4+. The fourth-order valence-corrected chi connectivity index (χ4v) is 0.298. The zero-order valence-corrected chi connectivity index (χ0v) is 5.01. The van der Waals surface area contributed by atoms with Gasteiger partial charge in [-0.3, -0.25) is 0 Å². The maximum absolute atomic E-state index is 10.4. The highest BCUT2D eigenvalue weighted by molar-refractivity contribution is 5.46. The minimum absolute atomic E-state index is 0.0880. The van der Waals surface area contributed by atoms with E-state index in [4.69, 9.17) is 0 Å². The Hall–Kier alpha value is -0.530. The minimum atomic E-state index is 0.0880. The van der Waals surface area contributed by atoms with Gasteiger partial charge in [0, 0.05) is 6.92 Å². The van der Waals surface area contributed by atoms with Crippen molar-refractivity contribution in [2.24, 2.45) is 0 Å². The third-order valence-corrected chi connectivity index (χ3v) is 0.763. The summed E-state index contributed by atoms with van der Waals surface area (Å²) in [7, 11) is 0. The molecule has 0 radical (unpaired) electrons. The Morgan fingerprint density at radius 2 is 2.00 bits per heavy atom. The van der Waals surface area contributed by atoms with Crippen molar-refractivity contribution in [3.63, 3.8) is 0 Å². The van der Waals surface area contributed by atoms with Crippen LogP contribution in [0.5, 0.6) is 0 Å². The number of hydrogen-bond donors (Lipinski definition) is 0. The summed E-state index contributed by atoms with van der Waals surface area (Å²) in [4.78, 5) is 0. The molecule has 0 heterocycles. The summed E-state index contributed by atoms with van der Waals surface area (Å²) in [5, 5.41) is 10.4. The third kappa shape index (κ3) is 2.20. The van der Waals surface area contributed by atoms with Crippen molar-refractivity contribution >= 4 is 6.21 Å². The van der Waals surface area contributed by atoms with Crippen LogP contribution < -0.4 is 0 Å². The molecule has 0 aromatic heterocycles. The number of hydroxylamine groups is 1. The van der Waals surface area contributed by atoms with E-state index in [1.54, 1.807) is 6.92 Å². The first-order valence-corrected chi connectivity index (χ1v) is 2.43. The lowest BCUT2D eigenvalue weighted by atomic mass is 10.4. The van der Waals surface area contributed by atoms with Crippen molar-refractivity contribution in [2.75, 3.05) is 0 Å². The summed E-state index contributed by atoms with van der Waals surface area (Å²) in [6.07, 6.45) is 1.52. The highest BCUT2D eigenvalue weighted by atomic mass is 16.5. The van der Waals surface area contributed by atoms with Crippen LogP contribution in [0.15, 0.2) is 0 Å². The molecule has 42 valence electrons. The first kappa shape index (κ1) is 6.47. The molecule has 0 spiro atoms. The first-order chi connectivity index (χ1) is 3.18. The van der Waals surface area contributed by atoms with Gasteiger partial charge in [0.05, 0.1) is 0 Å². The van der Waals surface area contributed by atoms with Crippen LogP contribution >= 0.6 is 0 Å². The van der Waals surface area contributed by atoms with Gasteiger partial charge in [-0.05, 0) is 13.8 Å². The molecule has 0 unspecified atom stereocenters. The zero-order chi connectivity index (χ0) is 5.86. The molecule has 2 heteroatoms. The van der Waals surface area contributed by atoms with Crippen LogP contribution in [0.3, 0.4) is 0 Å². The summed E-state index contributed by atoms with van der Waals surface area (Å²) >= 11 is 0.